The predicted molar refractivity (Wildman–Crippen MR) is 66.8 cm³/mol. The molecule has 88 valence electrons. The first-order chi connectivity index (χ1) is 7.68. The van der Waals surface area contributed by atoms with Gasteiger partial charge in [-0.25, -0.2) is 0 Å². The molecule has 0 bridgehead atoms. The van der Waals surface area contributed by atoms with Gasteiger partial charge in [-0.2, -0.15) is 0 Å². The Morgan fingerprint density at radius 3 is 2.88 bits per heavy atom. The van der Waals surface area contributed by atoms with Crippen LogP contribution in [0.25, 0.3) is 0 Å². The van der Waals surface area contributed by atoms with Gasteiger partial charge in [0.25, 0.3) is 0 Å². The molecule has 3 heteroatoms. The molecule has 1 aromatic rings. The molecule has 1 aliphatic rings. The largest absolute Gasteiger partial charge is 0.508 e. The number of aromatic hydroxyl groups is 1. The molecule has 0 amide bonds. The van der Waals surface area contributed by atoms with Crippen LogP contribution >= 0.6 is 11.6 Å². The maximum Gasteiger partial charge on any atom is 0.121 e. The summed E-state index contributed by atoms with van der Waals surface area (Å²) in [6.45, 7) is 2.93. The van der Waals surface area contributed by atoms with Crippen LogP contribution in [0.4, 0.5) is 0 Å². The maximum atomic E-state index is 9.71. The quantitative estimate of drug-likeness (QED) is 0.848. The van der Waals surface area contributed by atoms with Crippen molar-refractivity contribution in [3.63, 3.8) is 0 Å². The first kappa shape index (κ1) is 11.7. The molecule has 16 heavy (non-hydrogen) atoms. The van der Waals surface area contributed by atoms with E-state index in [1.807, 2.05) is 6.07 Å². The highest BCUT2D eigenvalue weighted by atomic mass is 35.5. The topological polar surface area (TPSA) is 32.3 Å². The molecule has 0 aromatic heterocycles. The van der Waals surface area contributed by atoms with Crippen LogP contribution in [0.5, 0.6) is 5.75 Å². The van der Waals surface area contributed by atoms with E-state index in [2.05, 4.69) is 12.2 Å². The number of benzene rings is 1. The number of halogens is 1. The zero-order chi connectivity index (χ0) is 11.5. The molecule has 1 saturated carbocycles. The van der Waals surface area contributed by atoms with E-state index in [4.69, 9.17) is 11.6 Å². The summed E-state index contributed by atoms with van der Waals surface area (Å²) in [7, 11) is 0. The molecule has 0 spiro atoms. The van der Waals surface area contributed by atoms with Crippen molar-refractivity contribution < 1.29 is 5.11 Å². The van der Waals surface area contributed by atoms with Crippen molar-refractivity contribution in [2.24, 2.45) is 5.92 Å². The molecule has 2 rings (SSSR count). The number of phenols is 1. The Balaban J connectivity index is 1.99. The highest BCUT2D eigenvalue weighted by Gasteiger charge is 2.22. The van der Waals surface area contributed by atoms with Gasteiger partial charge in [-0.3, -0.25) is 0 Å². The van der Waals surface area contributed by atoms with Gasteiger partial charge in [-0.15, -0.1) is 0 Å². The predicted octanol–water partition coefficient (Wildman–Crippen LogP) is 3.32. The van der Waals surface area contributed by atoms with Crippen LogP contribution in [-0.4, -0.2) is 11.1 Å². The van der Waals surface area contributed by atoms with Gasteiger partial charge in [0.1, 0.15) is 5.75 Å². The van der Waals surface area contributed by atoms with Gasteiger partial charge in [0.2, 0.25) is 0 Å². The van der Waals surface area contributed by atoms with Gasteiger partial charge in [-0.05, 0) is 30.9 Å². The standard InChI is InChI=1S/C13H18ClNO/c1-9-4-2-6-12(9)15-8-10-11(14)5-3-7-13(10)16/h3,5,7,9,12,15-16H,2,4,6,8H2,1H3. The van der Waals surface area contributed by atoms with Crippen molar-refractivity contribution in [3.05, 3.63) is 28.8 Å². The first-order valence-corrected chi connectivity index (χ1v) is 6.26. The molecule has 2 atom stereocenters. The summed E-state index contributed by atoms with van der Waals surface area (Å²) in [5.74, 6) is 1.01. The van der Waals surface area contributed by atoms with Crippen LogP contribution in [-0.2, 0) is 6.54 Å². The summed E-state index contributed by atoms with van der Waals surface area (Å²) in [4.78, 5) is 0. The smallest absolute Gasteiger partial charge is 0.121 e. The molecule has 1 aromatic carbocycles. The Labute approximate surface area is 102 Å². The van der Waals surface area contributed by atoms with Crippen LogP contribution in [0.15, 0.2) is 18.2 Å². The lowest BCUT2D eigenvalue weighted by Gasteiger charge is -2.18. The molecule has 0 heterocycles. The molecule has 2 nitrogen and oxygen atoms in total. The monoisotopic (exact) mass is 239 g/mol. The molecule has 2 unspecified atom stereocenters. The third kappa shape index (κ3) is 2.50. The zero-order valence-corrected chi connectivity index (χ0v) is 10.3. The third-order valence-electron chi connectivity index (χ3n) is 3.50. The van der Waals surface area contributed by atoms with Crippen molar-refractivity contribution in [3.8, 4) is 5.75 Å². The molecule has 1 fully saturated rings. The van der Waals surface area contributed by atoms with Crippen molar-refractivity contribution >= 4 is 11.6 Å². The fraction of sp³-hybridized carbons (Fsp3) is 0.538. The highest BCUT2D eigenvalue weighted by molar-refractivity contribution is 6.31. The highest BCUT2D eigenvalue weighted by Crippen LogP contribution is 2.28. The lowest BCUT2D eigenvalue weighted by Crippen LogP contribution is -2.30. The van der Waals surface area contributed by atoms with Crippen LogP contribution < -0.4 is 5.32 Å². The fourth-order valence-electron chi connectivity index (χ4n) is 2.40. The summed E-state index contributed by atoms with van der Waals surface area (Å²) >= 11 is 6.05. The maximum absolute atomic E-state index is 9.71. The first-order valence-electron chi connectivity index (χ1n) is 5.88. The van der Waals surface area contributed by atoms with E-state index in [1.54, 1.807) is 12.1 Å². The van der Waals surface area contributed by atoms with Crippen molar-refractivity contribution in [1.82, 2.24) is 5.32 Å². The summed E-state index contributed by atoms with van der Waals surface area (Å²) < 4.78 is 0. The fourth-order valence-corrected chi connectivity index (χ4v) is 2.64. The van der Waals surface area contributed by atoms with Gasteiger partial charge >= 0.3 is 0 Å². The molecule has 0 aliphatic heterocycles. The SMILES string of the molecule is CC1CCCC1NCc1c(O)cccc1Cl. The van der Waals surface area contributed by atoms with Gasteiger partial charge in [0, 0.05) is 23.2 Å². The normalized spacial score (nSPS) is 24.9. The van der Waals surface area contributed by atoms with Gasteiger partial charge in [0.05, 0.1) is 0 Å². The van der Waals surface area contributed by atoms with Gasteiger partial charge in [0.15, 0.2) is 0 Å². The van der Waals surface area contributed by atoms with Crippen LogP contribution in [0.2, 0.25) is 5.02 Å². The van der Waals surface area contributed by atoms with Gasteiger partial charge in [-0.1, -0.05) is 31.0 Å². The van der Waals surface area contributed by atoms with Crippen molar-refractivity contribution in [1.29, 1.82) is 0 Å². The van der Waals surface area contributed by atoms with E-state index in [0.717, 1.165) is 11.5 Å². The number of phenolic OH excluding ortho intramolecular Hbond substituents is 1. The molecular formula is C13H18ClNO. The van der Waals surface area contributed by atoms with Crippen LogP contribution in [0, 0.1) is 5.92 Å². The number of rotatable bonds is 3. The summed E-state index contributed by atoms with van der Waals surface area (Å²) in [6.07, 6.45) is 3.83. The molecule has 2 N–H and O–H groups in total. The van der Waals surface area contributed by atoms with Crippen LogP contribution in [0.3, 0.4) is 0 Å². The third-order valence-corrected chi connectivity index (χ3v) is 3.85. The molecular weight excluding hydrogens is 222 g/mol. The van der Waals surface area contributed by atoms with Crippen LogP contribution in [0.1, 0.15) is 31.7 Å². The Bertz CT molecular complexity index is 347. The molecule has 1 aliphatic carbocycles. The zero-order valence-electron chi connectivity index (χ0n) is 9.54. The van der Waals surface area contributed by atoms with Crippen molar-refractivity contribution in [2.45, 2.75) is 38.8 Å². The Hall–Kier alpha value is -0.730. The second kappa shape index (κ2) is 5.07. The average Bonchev–Trinajstić information content (AvgIpc) is 2.64. The van der Waals surface area contributed by atoms with E-state index >= 15 is 0 Å². The van der Waals surface area contributed by atoms with E-state index in [1.165, 1.54) is 19.3 Å². The van der Waals surface area contributed by atoms with Crippen molar-refractivity contribution in [2.75, 3.05) is 0 Å². The second-order valence-electron chi connectivity index (χ2n) is 4.63. The second-order valence-corrected chi connectivity index (χ2v) is 5.04. The summed E-state index contributed by atoms with van der Waals surface area (Å²) in [6, 6.07) is 5.83. The number of nitrogens with one attached hydrogen (secondary N) is 1. The van der Waals surface area contributed by atoms with E-state index < -0.39 is 0 Å². The minimum atomic E-state index is 0.283. The van der Waals surface area contributed by atoms with E-state index in [-0.39, 0.29) is 5.75 Å². The molecule has 0 radical (unpaired) electrons. The summed E-state index contributed by atoms with van der Waals surface area (Å²) in [5, 5.41) is 13.8. The van der Waals surface area contributed by atoms with Gasteiger partial charge < -0.3 is 10.4 Å². The van der Waals surface area contributed by atoms with E-state index in [0.29, 0.717) is 17.6 Å². The lowest BCUT2D eigenvalue weighted by atomic mass is 10.1. The lowest BCUT2D eigenvalue weighted by molar-refractivity contribution is 0.415. The Kier molecular flexibility index (Phi) is 3.72. The minimum absolute atomic E-state index is 0.283. The minimum Gasteiger partial charge on any atom is -0.508 e. The molecule has 0 saturated heterocycles. The summed E-state index contributed by atoms with van der Waals surface area (Å²) in [5.41, 5.74) is 0.809. The van der Waals surface area contributed by atoms with E-state index in [9.17, 15) is 5.11 Å². The number of hydrogen-bond donors (Lipinski definition) is 2. The Morgan fingerprint density at radius 1 is 1.44 bits per heavy atom. The average molecular weight is 240 g/mol. The number of hydrogen-bond acceptors (Lipinski definition) is 2. The Morgan fingerprint density at radius 2 is 2.25 bits per heavy atom.